The summed E-state index contributed by atoms with van der Waals surface area (Å²) in [4.78, 5) is 0. The molecule has 2 aromatic carbocycles. The van der Waals surface area contributed by atoms with Crippen LogP contribution in [0.1, 0.15) is 0 Å². The van der Waals surface area contributed by atoms with Crippen molar-refractivity contribution in [1.82, 2.24) is 0 Å². The molecule has 0 aromatic heterocycles. The fourth-order valence-corrected chi connectivity index (χ4v) is 2.27. The van der Waals surface area contributed by atoms with E-state index in [1.807, 2.05) is 12.1 Å². The average molecular weight is 288 g/mol. The van der Waals surface area contributed by atoms with E-state index in [4.69, 9.17) is 39.5 Å². The fourth-order valence-electron chi connectivity index (χ4n) is 1.60. The predicted molar refractivity (Wildman–Crippen MR) is 73.5 cm³/mol. The van der Waals surface area contributed by atoms with E-state index in [0.717, 1.165) is 11.1 Å². The molecule has 0 aliphatic rings. The zero-order chi connectivity index (χ0) is 12.4. The Morgan fingerprint density at radius 2 is 1.41 bits per heavy atom. The van der Waals surface area contributed by atoms with Crippen molar-refractivity contribution in [3.05, 3.63) is 51.5 Å². The topological polar surface area (TPSA) is 9.23 Å². The highest BCUT2D eigenvalue weighted by Gasteiger charge is 2.10. The highest BCUT2D eigenvalue weighted by molar-refractivity contribution is 6.36. The lowest BCUT2D eigenvalue weighted by Gasteiger charge is -2.10. The van der Waals surface area contributed by atoms with E-state index < -0.39 is 0 Å². The second kappa shape index (κ2) is 5.18. The van der Waals surface area contributed by atoms with E-state index in [1.165, 1.54) is 0 Å². The van der Waals surface area contributed by atoms with Crippen molar-refractivity contribution in [1.29, 1.82) is 0 Å². The maximum atomic E-state index is 6.16. The standard InChI is InChI=1S/C13H9Cl3O/c1-17-13-7-9(15)3-5-11(13)10-4-2-8(14)6-12(10)16/h2-7H,1H3. The summed E-state index contributed by atoms with van der Waals surface area (Å²) < 4.78 is 5.29. The van der Waals surface area contributed by atoms with Crippen molar-refractivity contribution in [3.63, 3.8) is 0 Å². The van der Waals surface area contributed by atoms with Gasteiger partial charge in [0, 0.05) is 21.2 Å². The van der Waals surface area contributed by atoms with Gasteiger partial charge in [-0.1, -0.05) is 40.9 Å². The summed E-state index contributed by atoms with van der Waals surface area (Å²) in [6, 6.07) is 10.8. The van der Waals surface area contributed by atoms with Crippen LogP contribution in [-0.4, -0.2) is 7.11 Å². The summed E-state index contributed by atoms with van der Waals surface area (Å²) in [7, 11) is 1.60. The van der Waals surface area contributed by atoms with Crippen LogP contribution in [0.2, 0.25) is 15.1 Å². The van der Waals surface area contributed by atoms with Crippen LogP contribution in [0, 0.1) is 0 Å². The van der Waals surface area contributed by atoms with Crippen LogP contribution in [0.15, 0.2) is 36.4 Å². The van der Waals surface area contributed by atoms with Crippen LogP contribution in [0.3, 0.4) is 0 Å². The van der Waals surface area contributed by atoms with Gasteiger partial charge in [0.2, 0.25) is 0 Å². The Bertz CT molecular complexity index is 552. The van der Waals surface area contributed by atoms with Gasteiger partial charge in [-0.2, -0.15) is 0 Å². The van der Waals surface area contributed by atoms with Crippen LogP contribution in [-0.2, 0) is 0 Å². The zero-order valence-electron chi connectivity index (χ0n) is 9.01. The van der Waals surface area contributed by atoms with Gasteiger partial charge in [0.05, 0.1) is 12.1 Å². The Kier molecular flexibility index (Phi) is 3.82. The number of halogens is 3. The molecule has 0 aliphatic carbocycles. The summed E-state index contributed by atoms with van der Waals surface area (Å²) in [5, 5.41) is 1.81. The molecule has 0 amide bonds. The zero-order valence-corrected chi connectivity index (χ0v) is 11.3. The first-order valence-corrected chi connectivity index (χ1v) is 6.04. The maximum absolute atomic E-state index is 6.16. The molecule has 0 N–H and O–H groups in total. The summed E-state index contributed by atoms with van der Waals surface area (Å²) in [5.41, 5.74) is 1.75. The Labute approximate surface area is 115 Å². The van der Waals surface area contributed by atoms with Gasteiger partial charge in [-0.05, 0) is 30.3 Å². The van der Waals surface area contributed by atoms with Crippen molar-refractivity contribution in [2.45, 2.75) is 0 Å². The van der Waals surface area contributed by atoms with Crippen molar-refractivity contribution in [2.24, 2.45) is 0 Å². The van der Waals surface area contributed by atoms with Crippen molar-refractivity contribution >= 4 is 34.8 Å². The highest BCUT2D eigenvalue weighted by Crippen LogP contribution is 2.37. The van der Waals surface area contributed by atoms with E-state index in [0.29, 0.717) is 20.8 Å². The first kappa shape index (κ1) is 12.6. The quantitative estimate of drug-likeness (QED) is 0.726. The molecular weight excluding hydrogens is 279 g/mol. The molecular formula is C13H9Cl3O. The minimum absolute atomic E-state index is 0.582. The molecule has 2 aromatic rings. The van der Waals surface area contributed by atoms with Gasteiger partial charge in [0.15, 0.2) is 0 Å². The van der Waals surface area contributed by atoms with E-state index >= 15 is 0 Å². The maximum Gasteiger partial charge on any atom is 0.128 e. The van der Waals surface area contributed by atoms with E-state index in [-0.39, 0.29) is 0 Å². The number of methoxy groups -OCH3 is 1. The van der Waals surface area contributed by atoms with Gasteiger partial charge in [0.1, 0.15) is 5.75 Å². The number of hydrogen-bond acceptors (Lipinski definition) is 1. The van der Waals surface area contributed by atoms with Gasteiger partial charge < -0.3 is 4.74 Å². The number of rotatable bonds is 2. The van der Waals surface area contributed by atoms with Gasteiger partial charge in [-0.3, -0.25) is 0 Å². The lowest BCUT2D eigenvalue weighted by Crippen LogP contribution is -1.88. The van der Waals surface area contributed by atoms with Gasteiger partial charge in [-0.25, -0.2) is 0 Å². The van der Waals surface area contributed by atoms with E-state index in [9.17, 15) is 0 Å². The molecule has 0 heterocycles. The number of ether oxygens (including phenoxy) is 1. The first-order chi connectivity index (χ1) is 8.11. The minimum atomic E-state index is 0.582. The summed E-state index contributed by atoms with van der Waals surface area (Å²) in [5.74, 6) is 0.682. The monoisotopic (exact) mass is 286 g/mol. The van der Waals surface area contributed by atoms with Gasteiger partial charge >= 0.3 is 0 Å². The molecule has 0 spiro atoms. The molecule has 0 saturated carbocycles. The Morgan fingerprint density at radius 1 is 0.824 bits per heavy atom. The van der Waals surface area contributed by atoms with Crippen LogP contribution in [0.4, 0.5) is 0 Å². The SMILES string of the molecule is COc1cc(Cl)ccc1-c1ccc(Cl)cc1Cl. The molecule has 17 heavy (non-hydrogen) atoms. The Balaban J connectivity index is 2.60. The second-order valence-corrected chi connectivity index (χ2v) is 4.75. The minimum Gasteiger partial charge on any atom is -0.496 e. The highest BCUT2D eigenvalue weighted by atomic mass is 35.5. The molecule has 2 rings (SSSR count). The van der Waals surface area contributed by atoms with E-state index in [1.54, 1.807) is 31.4 Å². The molecule has 0 radical (unpaired) electrons. The summed E-state index contributed by atoms with van der Waals surface area (Å²) >= 11 is 17.9. The molecule has 0 bridgehead atoms. The Hall–Kier alpha value is -0.890. The Morgan fingerprint density at radius 3 is 2.00 bits per heavy atom. The van der Waals surface area contributed by atoms with Crippen LogP contribution in [0.5, 0.6) is 5.75 Å². The third-order valence-electron chi connectivity index (χ3n) is 2.38. The molecule has 1 nitrogen and oxygen atoms in total. The lowest BCUT2D eigenvalue weighted by molar-refractivity contribution is 0.416. The molecule has 0 atom stereocenters. The first-order valence-electron chi connectivity index (χ1n) is 4.91. The second-order valence-electron chi connectivity index (χ2n) is 3.47. The lowest BCUT2D eigenvalue weighted by atomic mass is 10.0. The van der Waals surface area contributed by atoms with Gasteiger partial charge in [0.25, 0.3) is 0 Å². The third-order valence-corrected chi connectivity index (χ3v) is 3.17. The summed E-state index contributed by atoms with van der Waals surface area (Å²) in [6.07, 6.45) is 0. The molecule has 0 aliphatic heterocycles. The fraction of sp³-hybridized carbons (Fsp3) is 0.0769. The summed E-state index contributed by atoms with van der Waals surface area (Å²) in [6.45, 7) is 0. The van der Waals surface area contributed by atoms with Crippen LogP contribution < -0.4 is 4.74 Å². The van der Waals surface area contributed by atoms with E-state index in [2.05, 4.69) is 0 Å². The molecule has 0 saturated heterocycles. The van der Waals surface area contributed by atoms with Crippen LogP contribution in [0.25, 0.3) is 11.1 Å². The molecule has 0 unspecified atom stereocenters. The number of benzene rings is 2. The third kappa shape index (κ3) is 2.68. The smallest absolute Gasteiger partial charge is 0.128 e. The van der Waals surface area contributed by atoms with Crippen molar-refractivity contribution < 1.29 is 4.74 Å². The largest absolute Gasteiger partial charge is 0.496 e. The van der Waals surface area contributed by atoms with Crippen LogP contribution >= 0.6 is 34.8 Å². The molecule has 4 heteroatoms. The average Bonchev–Trinajstić information content (AvgIpc) is 2.30. The van der Waals surface area contributed by atoms with Crippen molar-refractivity contribution in [2.75, 3.05) is 7.11 Å². The van der Waals surface area contributed by atoms with Gasteiger partial charge in [-0.15, -0.1) is 0 Å². The normalized spacial score (nSPS) is 10.4. The predicted octanol–water partition coefficient (Wildman–Crippen LogP) is 5.32. The molecule has 0 fully saturated rings. The van der Waals surface area contributed by atoms with Crippen molar-refractivity contribution in [3.8, 4) is 16.9 Å². The molecule has 88 valence electrons. The number of hydrogen-bond donors (Lipinski definition) is 0.